The molecule has 0 heterocycles. The molecule has 0 spiro atoms. The van der Waals surface area contributed by atoms with Crippen LogP contribution in [0, 0.1) is 6.92 Å². The lowest BCUT2D eigenvalue weighted by Gasteiger charge is -2.08. The summed E-state index contributed by atoms with van der Waals surface area (Å²) < 4.78 is 59.1. The Morgan fingerprint density at radius 3 is 2.35 bits per heavy atom. The molecule has 0 amide bonds. The SMILES string of the molecule is Cc1cc(S(=O)(=O)CCC(F)(F)F)ccc1N. The highest BCUT2D eigenvalue weighted by Crippen LogP contribution is 2.24. The average molecular weight is 267 g/mol. The van der Waals surface area contributed by atoms with E-state index in [0.29, 0.717) is 11.3 Å². The third kappa shape index (κ3) is 3.92. The molecule has 17 heavy (non-hydrogen) atoms. The second-order valence-electron chi connectivity index (χ2n) is 3.70. The van der Waals surface area contributed by atoms with E-state index in [2.05, 4.69) is 0 Å². The van der Waals surface area contributed by atoms with Gasteiger partial charge in [-0.05, 0) is 30.7 Å². The maximum Gasteiger partial charge on any atom is 0.390 e. The molecule has 0 bridgehead atoms. The number of rotatable bonds is 3. The van der Waals surface area contributed by atoms with E-state index < -0.39 is 28.2 Å². The van der Waals surface area contributed by atoms with Gasteiger partial charge in [0.15, 0.2) is 9.84 Å². The van der Waals surface area contributed by atoms with Crippen molar-refractivity contribution in [1.82, 2.24) is 0 Å². The summed E-state index contributed by atoms with van der Waals surface area (Å²) in [6.45, 7) is 1.60. The number of anilines is 1. The molecule has 0 saturated carbocycles. The summed E-state index contributed by atoms with van der Waals surface area (Å²) in [5, 5.41) is 0. The van der Waals surface area contributed by atoms with Gasteiger partial charge in [0, 0.05) is 5.69 Å². The lowest BCUT2D eigenvalue weighted by molar-refractivity contribution is -0.129. The highest BCUT2D eigenvalue weighted by Gasteiger charge is 2.30. The third-order valence-corrected chi connectivity index (χ3v) is 3.97. The first-order valence-corrected chi connectivity index (χ1v) is 6.43. The van der Waals surface area contributed by atoms with Crippen molar-refractivity contribution in [3.63, 3.8) is 0 Å². The number of nitrogen functional groups attached to an aromatic ring is 1. The molecule has 0 aromatic heterocycles. The molecular weight excluding hydrogens is 255 g/mol. The zero-order chi connectivity index (χ0) is 13.3. The largest absolute Gasteiger partial charge is 0.399 e. The number of benzene rings is 1. The van der Waals surface area contributed by atoms with Gasteiger partial charge in [-0.25, -0.2) is 8.42 Å². The molecule has 0 fully saturated rings. The molecule has 3 nitrogen and oxygen atoms in total. The highest BCUT2D eigenvalue weighted by molar-refractivity contribution is 7.91. The van der Waals surface area contributed by atoms with Crippen molar-refractivity contribution >= 4 is 15.5 Å². The molecule has 0 aliphatic heterocycles. The zero-order valence-corrected chi connectivity index (χ0v) is 9.90. The summed E-state index contributed by atoms with van der Waals surface area (Å²) in [6.07, 6.45) is -5.82. The maximum atomic E-state index is 12.0. The molecule has 96 valence electrons. The van der Waals surface area contributed by atoms with Crippen molar-refractivity contribution in [2.45, 2.75) is 24.4 Å². The number of sulfone groups is 1. The predicted octanol–water partition coefficient (Wildman–Crippen LogP) is 2.30. The molecule has 1 rings (SSSR count). The fourth-order valence-electron chi connectivity index (χ4n) is 1.21. The van der Waals surface area contributed by atoms with E-state index in [9.17, 15) is 21.6 Å². The van der Waals surface area contributed by atoms with Crippen LogP contribution in [0.25, 0.3) is 0 Å². The summed E-state index contributed by atoms with van der Waals surface area (Å²) in [7, 11) is -3.91. The van der Waals surface area contributed by atoms with Gasteiger partial charge in [-0.3, -0.25) is 0 Å². The van der Waals surface area contributed by atoms with E-state index in [4.69, 9.17) is 5.73 Å². The van der Waals surface area contributed by atoms with Crippen LogP contribution in [-0.2, 0) is 9.84 Å². The van der Waals surface area contributed by atoms with Crippen LogP contribution in [0.4, 0.5) is 18.9 Å². The Balaban J connectivity index is 2.94. The van der Waals surface area contributed by atoms with E-state index >= 15 is 0 Å². The fourth-order valence-corrected chi connectivity index (χ4v) is 2.58. The number of hydrogen-bond acceptors (Lipinski definition) is 3. The summed E-state index contributed by atoms with van der Waals surface area (Å²) in [6, 6.07) is 3.87. The van der Waals surface area contributed by atoms with Gasteiger partial charge < -0.3 is 5.73 Å². The molecule has 2 N–H and O–H groups in total. The van der Waals surface area contributed by atoms with E-state index in [1.54, 1.807) is 6.92 Å². The van der Waals surface area contributed by atoms with Gasteiger partial charge in [-0.2, -0.15) is 13.2 Å². The van der Waals surface area contributed by atoms with E-state index in [1.165, 1.54) is 18.2 Å². The smallest absolute Gasteiger partial charge is 0.390 e. The van der Waals surface area contributed by atoms with Crippen LogP contribution in [0.5, 0.6) is 0 Å². The quantitative estimate of drug-likeness (QED) is 0.855. The average Bonchev–Trinajstić information content (AvgIpc) is 2.18. The summed E-state index contributed by atoms with van der Waals surface area (Å²) in [5.74, 6) is -0.945. The van der Waals surface area contributed by atoms with Crippen molar-refractivity contribution in [3.8, 4) is 0 Å². The second kappa shape index (κ2) is 4.56. The van der Waals surface area contributed by atoms with E-state index in [1.807, 2.05) is 0 Å². The summed E-state index contributed by atoms with van der Waals surface area (Å²) in [5.41, 5.74) is 6.43. The first-order valence-electron chi connectivity index (χ1n) is 4.77. The second-order valence-corrected chi connectivity index (χ2v) is 5.81. The monoisotopic (exact) mass is 267 g/mol. The van der Waals surface area contributed by atoms with Crippen molar-refractivity contribution in [2.75, 3.05) is 11.5 Å². The van der Waals surface area contributed by atoms with Crippen molar-refractivity contribution in [1.29, 1.82) is 0 Å². The molecule has 0 aliphatic carbocycles. The van der Waals surface area contributed by atoms with Gasteiger partial charge >= 0.3 is 6.18 Å². The minimum atomic E-state index is -4.48. The fraction of sp³-hybridized carbons (Fsp3) is 0.400. The summed E-state index contributed by atoms with van der Waals surface area (Å²) in [4.78, 5) is -0.131. The molecular formula is C10H12F3NO2S. The first kappa shape index (κ1) is 13.8. The zero-order valence-electron chi connectivity index (χ0n) is 9.08. The first-order chi connectivity index (χ1) is 7.62. The minimum absolute atomic E-state index is 0.131. The minimum Gasteiger partial charge on any atom is -0.399 e. The highest BCUT2D eigenvalue weighted by atomic mass is 32.2. The Bertz CT molecular complexity index is 509. The van der Waals surface area contributed by atoms with E-state index in [0.717, 1.165) is 0 Å². The molecule has 0 atom stereocenters. The van der Waals surface area contributed by atoms with Crippen molar-refractivity contribution in [2.24, 2.45) is 0 Å². The van der Waals surface area contributed by atoms with Crippen LogP contribution in [0.2, 0.25) is 0 Å². The number of halogens is 3. The van der Waals surface area contributed by atoms with Crippen molar-refractivity contribution in [3.05, 3.63) is 23.8 Å². The maximum absolute atomic E-state index is 12.0. The molecule has 0 aliphatic rings. The van der Waals surface area contributed by atoms with Gasteiger partial charge in [0.2, 0.25) is 0 Å². The Morgan fingerprint density at radius 2 is 1.88 bits per heavy atom. The van der Waals surface area contributed by atoms with Gasteiger partial charge in [-0.1, -0.05) is 0 Å². The lowest BCUT2D eigenvalue weighted by Crippen LogP contribution is -2.16. The number of alkyl halides is 3. The third-order valence-electron chi connectivity index (χ3n) is 2.25. The van der Waals surface area contributed by atoms with Crippen LogP contribution >= 0.6 is 0 Å². The standard InChI is InChI=1S/C10H12F3NO2S/c1-7-6-8(2-3-9(7)14)17(15,16)5-4-10(11,12)13/h2-3,6H,4-5,14H2,1H3. The van der Waals surface area contributed by atoms with Gasteiger partial charge in [0.25, 0.3) is 0 Å². The van der Waals surface area contributed by atoms with Crippen LogP contribution in [0.15, 0.2) is 23.1 Å². The van der Waals surface area contributed by atoms with Crippen LogP contribution < -0.4 is 5.73 Å². The molecule has 7 heteroatoms. The predicted molar refractivity (Wildman–Crippen MR) is 58.3 cm³/mol. The molecule has 0 unspecified atom stereocenters. The molecule has 1 aromatic carbocycles. The number of nitrogens with two attached hydrogens (primary N) is 1. The normalized spacial score (nSPS) is 12.7. The lowest BCUT2D eigenvalue weighted by atomic mass is 10.2. The Morgan fingerprint density at radius 1 is 1.29 bits per heavy atom. The molecule has 1 aromatic rings. The number of hydrogen-bond donors (Lipinski definition) is 1. The van der Waals surface area contributed by atoms with Gasteiger partial charge in [0.1, 0.15) is 0 Å². The van der Waals surface area contributed by atoms with Gasteiger partial charge in [-0.15, -0.1) is 0 Å². The summed E-state index contributed by atoms with van der Waals surface area (Å²) >= 11 is 0. The number of aryl methyl sites for hydroxylation is 1. The van der Waals surface area contributed by atoms with Crippen LogP contribution in [-0.4, -0.2) is 20.3 Å². The Kier molecular flexibility index (Phi) is 3.71. The van der Waals surface area contributed by atoms with E-state index in [-0.39, 0.29) is 4.90 Å². The van der Waals surface area contributed by atoms with Crippen LogP contribution in [0.1, 0.15) is 12.0 Å². The molecule has 0 radical (unpaired) electrons. The van der Waals surface area contributed by atoms with Crippen molar-refractivity contribution < 1.29 is 21.6 Å². The Hall–Kier alpha value is -1.24. The van der Waals surface area contributed by atoms with Gasteiger partial charge in [0.05, 0.1) is 17.1 Å². The topological polar surface area (TPSA) is 60.2 Å². The Labute approximate surface area is 97.4 Å². The van der Waals surface area contributed by atoms with Crippen LogP contribution in [0.3, 0.4) is 0 Å². The molecule has 0 saturated heterocycles.